The predicted molar refractivity (Wildman–Crippen MR) is 222 cm³/mol. The molecule has 1 heteroatoms. The van der Waals surface area contributed by atoms with Crippen LogP contribution < -0.4 is 4.90 Å². The minimum Gasteiger partial charge on any atom is -0.310 e. The second-order valence-electron chi connectivity index (χ2n) is 12.7. The topological polar surface area (TPSA) is 3.24 Å². The molecule has 51 heavy (non-hydrogen) atoms. The van der Waals surface area contributed by atoms with E-state index in [1.54, 1.807) is 0 Å². The van der Waals surface area contributed by atoms with Gasteiger partial charge < -0.3 is 4.90 Å². The van der Waals surface area contributed by atoms with Gasteiger partial charge in [-0.05, 0) is 97.4 Å². The van der Waals surface area contributed by atoms with Crippen LogP contribution in [-0.4, -0.2) is 0 Å². The van der Waals surface area contributed by atoms with Crippen molar-refractivity contribution in [1.29, 1.82) is 0 Å². The highest BCUT2D eigenvalue weighted by Gasteiger charge is 2.14. The third-order valence-corrected chi connectivity index (χ3v) is 9.21. The molecule has 0 fully saturated rings. The lowest BCUT2D eigenvalue weighted by atomic mass is 9.99. The Morgan fingerprint density at radius 1 is 0.255 bits per heavy atom. The molecule has 0 radical (unpaired) electrons. The third-order valence-electron chi connectivity index (χ3n) is 9.21. The van der Waals surface area contributed by atoms with E-state index in [2.05, 4.69) is 211 Å². The van der Waals surface area contributed by atoms with Crippen LogP contribution in [0.2, 0.25) is 0 Å². The van der Waals surface area contributed by atoms with Crippen LogP contribution in [0.15, 0.2) is 188 Å². The maximum absolute atomic E-state index is 2.34. The normalized spacial score (nSPS) is 11.7. The fourth-order valence-electron chi connectivity index (χ4n) is 6.51. The molecule has 0 unspecified atom stereocenters. The van der Waals surface area contributed by atoms with Gasteiger partial charge in [0.2, 0.25) is 0 Å². The first-order chi connectivity index (χ1) is 25.2. The van der Waals surface area contributed by atoms with Crippen LogP contribution in [-0.2, 0) is 0 Å². The van der Waals surface area contributed by atoms with E-state index in [-0.39, 0.29) is 0 Å². The first-order valence-electron chi connectivity index (χ1n) is 17.4. The van der Waals surface area contributed by atoms with Crippen molar-refractivity contribution in [2.45, 2.75) is 0 Å². The maximum Gasteiger partial charge on any atom is 0.0468 e. The molecule has 0 aromatic heterocycles. The fourth-order valence-corrected chi connectivity index (χ4v) is 6.51. The number of hydrogen-bond acceptors (Lipinski definition) is 1. The van der Waals surface area contributed by atoms with Gasteiger partial charge in [-0.25, -0.2) is 0 Å². The van der Waals surface area contributed by atoms with Gasteiger partial charge in [0.1, 0.15) is 0 Å². The van der Waals surface area contributed by atoms with E-state index in [1.807, 2.05) is 18.2 Å². The van der Waals surface area contributed by atoms with Crippen LogP contribution in [0.25, 0.3) is 58.0 Å². The number of hydrogen-bond donors (Lipinski definition) is 0. The van der Waals surface area contributed by atoms with Crippen molar-refractivity contribution in [3.05, 3.63) is 221 Å². The lowest BCUT2D eigenvalue weighted by molar-refractivity contribution is 1.29. The Morgan fingerprint density at radius 3 is 1.04 bits per heavy atom. The summed E-state index contributed by atoms with van der Waals surface area (Å²) < 4.78 is 0. The van der Waals surface area contributed by atoms with Crippen molar-refractivity contribution >= 4 is 75.1 Å². The average Bonchev–Trinajstić information content (AvgIpc) is 3.20. The zero-order valence-electron chi connectivity index (χ0n) is 28.3. The molecule has 0 spiro atoms. The van der Waals surface area contributed by atoms with Gasteiger partial charge in [0.05, 0.1) is 0 Å². The van der Waals surface area contributed by atoms with Crippen LogP contribution >= 0.6 is 0 Å². The van der Waals surface area contributed by atoms with Crippen molar-refractivity contribution < 1.29 is 0 Å². The summed E-state index contributed by atoms with van der Waals surface area (Å²) in [6.45, 7) is 0. The van der Waals surface area contributed by atoms with Crippen LogP contribution in [0.1, 0.15) is 33.4 Å². The number of benzene rings is 8. The number of rotatable bonds is 9. The molecule has 0 bridgehead atoms. The molecule has 242 valence electrons. The van der Waals surface area contributed by atoms with Gasteiger partial charge in [-0.3, -0.25) is 0 Å². The lowest BCUT2D eigenvalue weighted by Gasteiger charge is -2.26. The minimum absolute atomic E-state index is 1.11. The van der Waals surface area contributed by atoms with Crippen molar-refractivity contribution in [1.82, 2.24) is 0 Å². The highest BCUT2D eigenvalue weighted by atomic mass is 15.1. The highest BCUT2D eigenvalue weighted by molar-refractivity contribution is 6.09. The second-order valence-corrected chi connectivity index (χ2v) is 12.7. The van der Waals surface area contributed by atoms with Gasteiger partial charge in [-0.1, -0.05) is 182 Å². The molecule has 1 nitrogen and oxygen atoms in total. The molecule has 0 heterocycles. The second kappa shape index (κ2) is 14.8. The summed E-state index contributed by atoms with van der Waals surface area (Å²) in [5, 5.41) is 4.95. The molecule has 0 aliphatic carbocycles. The van der Waals surface area contributed by atoms with Crippen LogP contribution in [0.5, 0.6) is 0 Å². The van der Waals surface area contributed by atoms with Gasteiger partial charge in [-0.15, -0.1) is 0 Å². The van der Waals surface area contributed by atoms with Gasteiger partial charge in [0.15, 0.2) is 0 Å². The van der Waals surface area contributed by atoms with Crippen molar-refractivity contribution in [3.8, 4) is 0 Å². The standard InChI is InChI=1S/C50H37N/c1-4-10-38(11-5-1)16-18-41-22-29-46(30-23-41)51(47-31-24-42(25-32-47)19-17-39-12-6-2-7-13-39)48-33-35-50-45(37-48)28-27-44-36-43(26-34-49(44)50)21-20-40-14-8-3-9-15-40/h1-37H/b18-16+,19-17+,21-20+. The van der Waals surface area contributed by atoms with Crippen molar-refractivity contribution in [2.75, 3.05) is 4.90 Å². The van der Waals surface area contributed by atoms with Crippen molar-refractivity contribution in [3.63, 3.8) is 0 Å². The summed E-state index contributed by atoms with van der Waals surface area (Å²) in [5.41, 5.74) is 10.4. The Balaban J connectivity index is 1.13. The minimum atomic E-state index is 1.11. The molecule has 0 aliphatic rings. The largest absolute Gasteiger partial charge is 0.310 e. The predicted octanol–water partition coefficient (Wildman–Crippen LogP) is 14.0. The zero-order chi connectivity index (χ0) is 34.2. The quantitative estimate of drug-likeness (QED) is 0.111. The molecule has 8 aromatic carbocycles. The van der Waals surface area contributed by atoms with E-state index in [9.17, 15) is 0 Å². The van der Waals surface area contributed by atoms with Crippen molar-refractivity contribution in [2.24, 2.45) is 0 Å². The molecule has 0 N–H and O–H groups in total. The summed E-state index contributed by atoms with van der Waals surface area (Å²) in [4.78, 5) is 2.34. The van der Waals surface area contributed by atoms with Gasteiger partial charge in [0.25, 0.3) is 0 Å². The van der Waals surface area contributed by atoms with Crippen LogP contribution in [0, 0.1) is 0 Å². The Morgan fingerprint density at radius 2 is 0.588 bits per heavy atom. The van der Waals surface area contributed by atoms with E-state index in [0.29, 0.717) is 0 Å². The number of fused-ring (bicyclic) bond motifs is 3. The number of anilines is 3. The first-order valence-corrected chi connectivity index (χ1v) is 17.4. The smallest absolute Gasteiger partial charge is 0.0468 e. The maximum atomic E-state index is 2.34. The summed E-state index contributed by atoms with van der Waals surface area (Å²) in [6.07, 6.45) is 13.0. The van der Waals surface area contributed by atoms with E-state index in [1.165, 1.54) is 43.8 Å². The first kappa shape index (κ1) is 31.6. The lowest BCUT2D eigenvalue weighted by Crippen LogP contribution is -2.09. The van der Waals surface area contributed by atoms with Gasteiger partial charge in [-0.2, -0.15) is 0 Å². The molecule has 0 saturated heterocycles. The number of nitrogens with zero attached hydrogens (tertiary/aromatic N) is 1. The zero-order valence-corrected chi connectivity index (χ0v) is 28.3. The summed E-state index contributed by atoms with van der Waals surface area (Å²) in [7, 11) is 0. The molecule has 0 aliphatic heterocycles. The summed E-state index contributed by atoms with van der Waals surface area (Å²) >= 11 is 0. The van der Waals surface area contributed by atoms with Gasteiger partial charge >= 0.3 is 0 Å². The summed E-state index contributed by atoms with van der Waals surface area (Å²) in [5.74, 6) is 0. The van der Waals surface area contributed by atoms with E-state index in [0.717, 1.165) is 28.2 Å². The third kappa shape index (κ3) is 7.49. The Bertz CT molecular complexity index is 2380. The average molecular weight is 652 g/mol. The molecule has 0 saturated carbocycles. The van der Waals surface area contributed by atoms with Crippen LogP contribution in [0.4, 0.5) is 17.1 Å². The van der Waals surface area contributed by atoms with E-state index >= 15 is 0 Å². The molecule has 0 atom stereocenters. The van der Waals surface area contributed by atoms with E-state index < -0.39 is 0 Å². The Labute approximate surface area is 300 Å². The Kier molecular flexibility index (Phi) is 9.17. The molecular formula is C50H37N. The molecule has 0 amide bonds. The molecular weight excluding hydrogens is 615 g/mol. The monoisotopic (exact) mass is 651 g/mol. The van der Waals surface area contributed by atoms with Gasteiger partial charge in [0, 0.05) is 17.1 Å². The Hall–Kier alpha value is -6.70. The SMILES string of the molecule is C(=C\c1ccc(N(c2ccc(/C=C/c3ccccc3)cc2)c2ccc3c(ccc4cc(/C=C/c5ccccc5)ccc43)c2)cc1)/c1ccccc1. The molecule has 8 rings (SSSR count). The van der Waals surface area contributed by atoms with E-state index in [4.69, 9.17) is 0 Å². The summed E-state index contributed by atoms with van der Waals surface area (Å²) in [6, 6.07) is 67.0. The highest BCUT2D eigenvalue weighted by Crippen LogP contribution is 2.38. The fraction of sp³-hybridized carbons (Fsp3) is 0. The molecule has 8 aromatic rings. The van der Waals surface area contributed by atoms with Crippen LogP contribution in [0.3, 0.4) is 0 Å².